The van der Waals surface area contributed by atoms with Crippen LogP contribution in [0.25, 0.3) is 0 Å². The fraction of sp³-hybridized carbons (Fsp3) is 0.353. The van der Waals surface area contributed by atoms with Crippen molar-refractivity contribution in [2.75, 3.05) is 19.6 Å². The highest BCUT2D eigenvalue weighted by atomic mass is 32.1. The van der Waals surface area contributed by atoms with E-state index in [1.54, 1.807) is 12.4 Å². The number of aryl methyl sites for hydroxylation is 1. The van der Waals surface area contributed by atoms with E-state index in [1.165, 1.54) is 11.3 Å². The molecule has 1 saturated heterocycles. The minimum atomic E-state index is -0.0976. The van der Waals surface area contributed by atoms with Crippen molar-refractivity contribution < 1.29 is 9.59 Å². The zero-order chi connectivity index (χ0) is 16.4. The predicted molar refractivity (Wildman–Crippen MR) is 89.3 cm³/mol. The van der Waals surface area contributed by atoms with Gasteiger partial charge in [-0.25, -0.2) is 4.98 Å². The van der Waals surface area contributed by atoms with Crippen LogP contribution in [0.1, 0.15) is 33.9 Å². The Bertz CT molecular complexity index is 714. The maximum absolute atomic E-state index is 12.7. The molecule has 120 valence electrons. The second-order valence-electron chi connectivity index (χ2n) is 5.66. The van der Waals surface area contributed by atoms with Crippen LogP contribution in [0.5, 0.6) is 0 Å². The van der Waals surface area contributed by atoms with E-state index in [-0.39, 0.29) is 17.9 Å². The summed E-state index contributed by atoms with van der Waals surface area (Å²) in [5, 5.41) is 0. The molecule has 1 aromatic carbocycles. The molecule has 0 radical (unpaired) electrons. The molecule has 2 aromatic rings. The molecule has 1 aliphatic heterocycles. The molecule has 6 heteroatoms. The van der Waals surface area contributed by atoms with Crippen molar-refractivity contribution in [3.63, 3.8) is 0 Å². The zero-order valence-electron chi connectivity index (χ0n) is 13.2. The van der Waals surface area contributed by atoms with Crippen molar-refractivity contribution in [2.45, 2.75) is 19.9 Å². The third kappa shape index (κ3) is 3.12. The number of piperazine rings is 1. The molecule has 1 unspecified atom stereocenters. The van der Waals surface area contributed by atoms with E-state index >= 15 is 0 Å². The molecule has 3 rings (SSSR count). The van der Waals surface area contributed by atoms with Gasteiger partial charge in [-0.1, -0.05) is 30.3 Å². The van der Waals surface area contributed by atoms with E-state index < -0.39 is 0 Å². The number of hydrogen-bond acceptors (Lipinski definition) is 4. The number of thiazole rings is 1. The number of hydrogen-bond donors (Lipinski definition) is 0. The Labute approximate surface area is 139 Å². The summed E-state index contributed by atoms with van der Waals surface area (Å²) < 4.78 is 0. The van der Waals surface area contributed by atoms with Crippen molar-refractivity contribution in [3.8, 4) is 0 Å². The minimum absolute atomic E-state index is 0.00846. The van der Waals surface area contributed by atoms with E-state index in [0.29, 0.717) is 24.5 Å². The summed E-state index contributed by atoms with van der Waals surface area (Å²) in [5.74, 6) is 0.0501. The smallest absolute Gasteiger partial charge is 0.265 e. The summed E-state index contributed by atoms with van der Waals surface area (Å²) in [6, 6.07) is 9.79. The molecule has 1 atom stereocenters. The molecular formula is C17H19N3O2S. The maximum atomic E-state index is 12.7. The van der Waals surface area contributed by atoms with Crippen LogP contribution >= 0.6 is 11.3 Å². The van der Waals surface area contributed by atoms with Crippen molar-refractivity contribution in [1.29, 1.82) is 0 Å². The van der Waals surface area contributed by atoms with Crippen LogP contribution in [-0.4, -0.2) is 46.2 Å². The number of nitrogens with zero attached hydrogens (tertiary/aromatic N) is 3. The molecule has 1 aliphatic rings. The van der Waals surface area contributed by atoms with E-state index in [9.17, 15) is 9.59 Å². The maximum Gasteiger partial charge on any atom is 0.265 e. The van der Waals surface area contributed by atoms with Crippen molar-refractivity contribution in [2.24, 2.45) is 0 Å². The second kappa shape index (κ2) is 6.50. The third-order valence-corrected chi connectivity index (χ3v) is 5.11. The molecular weight excluding hydrogens is 310 g/mol. The second-order valence-corrected chi connectivity index (χ2v) is 6.51. The van der Waals surface area contributed by atoms with Crippen LogP contribution < -0.4 is 0 Å². The number of rotatable bonds is 2. The van der Waals surface area contributed by atoms with Crippen LogP contribution in [-0.2, 0) is 4.79 Å². The van der Waals surface area contributed by atoms with Gasteiger partial charge in [-0.2, -0.15) is 0 Å². The lowest BCUT2D eigenvalue weighted by Gasteiger charge is -2.41. The van der Waals surface area contributed by atoms with Gasteiger partial charge in [0.15, 0.2) is 0 Å². The Hall–Kier alpha value is -2.21. The highest BCUT2D eigenvalue weighted by molar-refractivity contribution is 7.11. The van der Waals surface area contributed by atoms with Gasteiger partial charge in [-0.3, -0.25) is 9.59 Å². The van der Waals surface area contributed by atoms with Gasteiger partial charge in [-0.05, 0) is 12.5 Å². The molecule has 0 saturated carbocycles. The van der Waals surface area contributed by atoms with E-state index in [2.05, 4.69) is 4.98 Å². The summed E-state index contributed by atoms with van der Waals surface area (Å²) in [6.45, 7) is 5.06. The van der Waals surface area contributed by atoms with Crippen LogP contribution in [0, 0.1) is 6.92 Å². The van der Waals surface area contributed by atoms with Gasteiger partial charge in [-0.15, -0.1) is 11.3 Å². The van der Waals surface area contributed by atoms with Crippen molar-refractivity contribution >= 4 is 23.2 Å². The predicted octanol–water partition coefficient (Wildman–Crippen LogP) is 2.50. The molecule has 0 aliphatic carbocycles. The minimum Gasteiger partial charge on any atom is -0.334 e. The Kier molecular flexibility index (Phi) is 4.43. The van der Waals surface area contributed by atoms with Gasteiger partial charge in [0.1, 0.15) is 4.88 Å². The summed E-state index contributed by atoms with van der Waals surface area (Å²) >= 11 is 1.37. The first-order chi connectivity index (χ1) is 11.1. The SMILES string of the molecule is CC(=O)N1CCN(C(=O)c2scnc2C)CC1c1ccccc1. The van der Waals surface area contributed by atoms with Gasteiger partial charge >= 0.3 is 0 Å². The Morgan fingerprint density at radius 3 is 2.57 bits per heavy atom. The van der Waals surface area contributed by atoms with Crippen LogP contribution in [0.15, 0.2) is 35.8 Å². The first-order valence-electron chi connectivity index (χ1n) is 7.59. The standard InChI is InChI=1S/C17H19N3O2S/c1-12-16(23-11-18-12)17(22)19-8-9-20(13(2)21)15(10-19)14-6-4-3-5-7-14/h3-7,11,15H,8-10H2,1-2H3. The van der Waals surface area contributed by atoms with Crippen LogP contribution in [0.4, 0.5) is 0 Å². The van der Waals surface area contributed by atoms with Gasteiger partial charge in [0.25, 0.3) is 5.91 Å². The topological polar surface area (TPSA) is 53.5 Å². The Morgan fingerprint density at radius 2 is 1.96 bits per heavy atom. The fourth-order valence-corrected chi connectivity index (χ4v) is 3.72. The van der Waals surface area contributed by atoms with Gasteiger partial charge in [0.05, 0.1) is 17.2 Å². The van der Waals surface area contributed by atoms with Gasteiger partial charge < -0.3 is 9.80 Å². The molecule has 1 fully saturated rings. The Balaban J connectivity index is 1.85. The molecule has 0 bridgehead atoms. The monoisotopic (exact) mass is 329 g/mol. The molecule has 0 spiro atoms. The number of carbonyl (C=O) groups is 2. The van der Waals surface area contributed by atoms with Crippen LogP contribution in [0.2, 0.25) is 0 Å². The van der Waals surface area contributed by atoms with Crippen molar-refractivity contribution in [3.05, 3.63) is 52.0 Å². The van der Waals surface area contributed by atoms with Crippen molar-refractivity contribution in [1.82, 2.24) is 14.8 Å². The van der Waals surface area contributed by atoms with Crippen LogP contribution in [0.3, 0.4) is 0 Å². The third-order valence-electron chi connectivity index (χ3n) is 4.20. The quantitative estimate of drug-likeness (QED) is 0.850. The lowest BCUT2D eigenvalue weighted by molar-refractivity contribution is -0.133. The van der Waals surface area contributed by atoms with E-state index in [4.69, 9.17) is 0 Å². The molecule has 5 nitrogen and oxygen atoms in total. The zero-order valence-corrected chi connectivity index (χ0v) is 14.0. The normalized spacial score (nSPS) is 18.1. The number of benzene rings is 1. The lowest BCUT2D eigenvalue weighted by atomic mass is 10.0. The number of carbonyl (C=O) groups excluding carboxylic acids is 2. The first-order valence-corrected chi connectivity index (χ1v) is 8.47. The average Bonchev–Trinajstić information content (AvgIpc) is 3.00. The average molecular weight is 329 g/mol. The first kappa shape index (κ1) is 15.7. The van der Waals surface area contributed by atoms with Gasteiger partial charge in [0.2, 0.25) is 5.91 Å². The number of amides is 2. The summed E-state index contributed by atoms with van der Waals surface area (Å²) in [7, 11) is 0. The summed E-state index contributed by atoms with van der Waals surface area (Å²) in [6.07, 6.45) is 0. The summed E-state index contributed by atoms with van der Waals surface area (Å²) in [4.78, 5) is 33.2. The molecule has 2 amide bonds. The fourth-order valence-electron chi connectivity index (χ4n) is 2.96. The van der Waals surface area contributed by atoms with E-state index in [1.807, 2.05) is 47.1 Å². The molecule has 1 aromatic heterocycles. The van der Waals surface area contributed by atoms with Gasteiger partial charge in [0, 0.05) is 26.6 Å². The highest BCUT2D eigenvalue weighted by Gasteiger charge is 2.33. The molecule has 2 heterocycles. The molecule has 0 N–H and O–H groups in total. The molecule has 23 heavy (non-hydrogen) atoms. The Morgan fingerprint density at radius 1 is 1.22 bits per heavy atom. The summed E-state index contributed by atoms with van der Waals surface area (Å²) in [5.41, 5.74) is 3.52. The largest absolute Gasteiger partial charge is 0.334 e. The van der Waals surface area contributed by atoms with E-state index in [0.717, 1.165) is 11.3 Å². The highest BCUT2D eigenvalue weighted by Crippen LogP contribution is 2.27. The lowest BCUT2D eigenvalue weighted by Crippen LogP contribution is -2.51. The number of aromatic nitrogens is 1.